The smallest absolute Gasteiger partial charge is 0.213 e. The maximum absolute atomic E-state index is 5.65. The second kappa shape index (κ2) is 8.88. The first-order chi connectivity index (χ1) is 9.15. The van der Waals surface area contributed by atoms with E-state index in [4.69, 9.17) is 4.74 Å². The Morgan fingerprint density at radius 2 is 2.00 bits per heavy atom. The summed E-state index contributed by atoms with van der Waals surface area (Å²) in [6, 6.07) is 4.50. The summed E-state index contributed by atoms with van der Waals surface area (Å²) in [5, 5.41) is 3.37. The predicted molar refractivity (Wildman–Crippen MR) is 79.5 cm³/mol. The lowest BCUT2D eigenvalue weighted by Gasteiger charge is -2.17. The zero-order chi connectivity index (χ0) is 14.1. The minimum absolute atomic E-state index is 0.491. The van der Waals surface area contributed by atoms with Crippen LogP contribution in [0.25, 0.3) is 0 Å². The van der Waals surface area contributed by atoms with Crippen molar-refractivity contribution in [3.63, 3.8) is 0 Å². The summed E-state index contributed by atoms with van der Waals surface area (Å²) in [5.41, 5.74) is 1.18. The molecule has 0 radical (unpaired) electrons. The van der Waals surface area contributed by atoms with E-state index in [1.54, 1.807) is 0 Å². The van der Waals surface area contributed by atoms with Gasteiger partial charge >= 0.3 is 0 Å². The van der Waals surface area contributed by atoms with Crippen molar-refractivity contribution in [2.45, 2.75) is 40.3 Å². The van der Waals surface area contributed by atoms with E-state index in [0.717, 1.165) is 26.2 Å². The minimum Gasteiger partial charge on any atom is -0.476 e. The van der Waals surface area contributed by atoms with Gasteiger partial charge in [-0.15, -0.1) is 0 Å². The molecular formula is C15H27N3O. The molecule has 19 heavy (non-hydrogen) atoms. The molecule has 0 aromatic carbocycles. The maximum atomic E-state index is 5.65. The van der Waals surface area contributed by atoms with Gasteiger partial charge in [-0.05, 0) is 18.7 Å². The van der Waals surface area contributed by atoms with Crippen LogP contribution in [-0.4, -0.2) is 42.2 Å². The number of ether oxygens (including phenoxy) is 1. The Morgan fingerprint density at radius 1 is 1.26 bits per heavy atom. The number of likely N-dealkylation sites (N-methyl/N-ethyl adjacent to an activating group) is 1. The van der Waals surface area contributed by atoms with Crippen molar-refractivity contribution in [2.75, 3.05) is 26.2 Å². The average molecular weight is 265 g/mol. The maximum Gasteiger partial charge on any atom is 0.213 e. The van der Waals surface area contributed by atoms with Crippen molar-refractivity contribution in [3.8, 4) is 5.88 Å². The molecule has 108 valence electrons. The highest BCUT2D eigenvalue weighted by Gasteiger charge is 2.01. The number of rotatable bonds is 9. The van der Waals surface area contributed by atoms with Crippen molar-refractivity contribution >= 4 is 0 Å². The fourth-order valence-electron chi connectivity index (χ4n) is 1.74. The Morgan fingerprint density at radius 3 is 2.53 bits per heavy atom. The van der Waals surface area contributed by atoms with Crippen molar-refractivity contribution in [1.29, 1.82) is 0 Å². The highest BCUT2D eigenvalue weighted by atomic mass is 16.5. The Labute approximate surface area is 117 Å². The van der Waals surface area contributed by atoms with E-state index in [1.165, 1.54) is 5.56 Å². The average Bonchev–Trinajstić information content (AvgIpc) is 2.42. The van der Waals surface area contributed by atoms with Gasteiger partial charge in [0.2, 0.25) is 5.88 Å². The van der Waals surface area contributed by atoms with Crippen LogP contribution in [0.5, 0.6) is 5.88 Å². The highest BCUT2D eigenvalue weighted by molar-refractivity contribution is 5.17. The van der Waals surface area contributed by atoms with Crippen LogP contribution in [0.3, 0.4) is 0 Å². The minimum atomic E-state index is 0.491. The summed E-state index contributed by atoms with van der Waals surface area (Å²) in [6.45, 7) is 13.2. The van der Waals surface area contributed by atoms with E-state index in [2.05, 4.69) is 49.0 Å². The number of pyridine rings is 1. The standard InChI is InChI=1S/C15H27N3O/c1-5-18(6-2)9-10-19-15-8-7-14(12-17-15)11-16-13(3)4/h7-8,12-13,16H,5-6,9-11H2,1-4H3. The summed E-state index contributed by atoms with van der Waals surface area (Å²) in [6.07, 6.45) is 1.88. The molecule has 0 amide bonds. The van der Waals surface area contributed by atoms with Crippen molar-refractivity contribution < 1.29 is 4.74 Å². The van der Waals surface area contributed by atoms with Crippen LogP contribution in [0, 0.1) is 0 Å². The molecule has 0 spiro atoms. The molecule has 0 bridgehead atoms. The van der Waals surface area contributed by atoms with Crippen LogP contribution in [0.2, 0.25) is 0 Å². The molecule has 0 atom stereocenters. The lowest BCUT2D eigenvalue weighted by molar-refractivity contribution is 0.218. The van der Waals surface area contributed by atoms with E-state index in [0.29, 0.717) is 18.5 Å². The molecule has 1 aromatic heterocycles. The summed E-state index contributed by atoms with van der Waals surface area (Å²) < 4.78 is 5.65. The third-order valence-electron chi connectivity index (χ3n) is 3.06. The van der Waals surface area contributed by atoms with E-state index < -0.39 is 0 Å². The molecule has 0 saturated heterocycles. The predicted octanol–water partition coefficient (Wildman–Crippen LogP) is 2.30. The Balaban J connectivity index is 2.31. The van der Waals surface area contributed by atoms with Crippen molar-refractivity contribution in [1.82, 2.24) is 15.2 Å². The molecule has 0 aliphatic carbocycles. The van der Waals surface area contributed by atoms with Gasteiger partial charge in [0, 0.05) is 31.4 Å². The van der Waals surface area contributed by atoms with Crippen LogP contribution < -0.4 is 10.1 Å². The number of nitrogens with one attached hydrogen (secondary N) is 1. The fraction of sp³-hybridized carbons (Fsp3) is 0.667. The molecule has 1 N–H and O–H groups in total. The zero-order valence-electron chi connectivity index (χ0n) is 12.6. The molecular weight excluding hydrogens is 238 g/mol. The molecule has 4 nitrogen and oxygen atoms in total. The zero-order valence-corrected chi connectivity index (χ0v) is 12.6. The van der Waals surface area contributed by atoms with Gasteiger partial charge in [-0.2, -0.15) is 0 Å². The lowest BCUT2D eigenvalue weighted by atomic mass is 10.2. The molecule has 0 fully saturated rings. The number of hydrogen-bond donors (Lipinski definition) is 1. The Bertz CT molecular complexity index is 334. The van der Waals surface area contributed by atoms with Crippen LogP contribution >= 0.6 is 0 Å². The first-order valence-electron chi connectivity index (χ1n) is 7.19. The molecule has 0 aliphatic heterocycles. The van der Waals surface area contributed by atoms with Gasteiger partial charge in [0.15, 0.2) is 0 Å². The third kappa shape index (κ3) is 6.55. The van der Waals surface area contributed by atoms with E-state index in [1.807, 2.05) is 12.3 Å². The molecule has 1 rings (SSSR count). The van der Waals surface area contributed by atoms with Gasteiger partial charge in [0.25, 0.3) is 0 Å². The monoisotopic (exact) mass is 265 g/mol. The normalized spacial score (nSPS) is 11.3. The van der Waals surface area contributed by atoms with Gasteiger partial charge in [-0.25, -0.2) is 4.98 Å². The molecule has 0 aliphatic rings. The van der Waals surface area contributed by atoms with Crippen LogP contribution in [0.1, 0.15) is 33.3 Å². The number of aromatic nitrogens is 1. The van der Waals surface area contributed by atoms with Crippen LogP contribution in [0.4, 0.5) is 0 Å². The van der Waals surface area contributed by atoms with Gasteiger partial charge in [0.1, 0.15) is 6.61 Å². The third-order valence-corrected chi connectivity index (χ3v) is 3.06. The van der Waals surface area contributed by atoms with Gasteiger partial charge < -0.3 is 15.0 Å². The molecule has 1 aromatic rings. The quantitative estimate of drug-likeness (QED) is 0.743. The van der Waals surface area contributed by atoms with E-state index in [-0.39, 0.29) is 0 Å². The van der Waals surface area contributed by atoms with Gasteiger partial charge in [0.05, 0.1) is 0 Å². The Kier molecular flexibility index (Phi) is 7.45. The number of nitrogens with zero attached hydrogens (tertiary/aromatic N) is 2. The molecule has 1 heterocycles. The second-order valence-electron chi connectivity index (χ2n) is 4.92. The second-order valence-corrected chi connectivity index (χ2v) is 4.92. The largest absolute Gasteiger partial charge is 0.476 e. The van der Waals surface area contributed by atoms with Crippen LogP contribution in [-0.2, 0) is 6.54 Å². The summed E-state index contributed by atoms with van der Waals surface area (Å²) in [7, 11) is 0. The van der Waals surface area contributed by atoms with Crippen LogP contribution in [0.15, 0.2) is 18.3 Å². The number of hydrogen-bond acceptors (Lipinski definition) is 4. The summed E-state index contributed by atoms with van der Waals surface area (Å²) in [4.78, 5) is 6.66. The lowest BCUT2D eigenvalue weighted by Crippen LogP contribution is -2.28. The molecule has 0 unspecified atom stereocenters. The van der Waals surface area contributed by atoms with Crippen molar-refractivity contribution in [3.05, 3.63) is 23.9 Å². The van der Waals surface area contributed by atoms with E-state index in [9.17, 15) is 0 Å². The SMILES string of the molecule is CCN(CC)CCOc1ccc(CNC(C)C)cn1. The Hall–Kier alpha value is -1.13. The van der Waals surface area contributed by atoms with Gasteiger partial charge in [-0.3, -0.25) is 0 Å². The molecule has 0 saturated carbocycles. The van der Waals surface area contributed by atoms with Crippen molar-refractivity contribution in [2.24, 2.45) is 0 Å². The summed E-state index contributed by atoms with van der Waals surface area (Å²) >= 11 is 0. The first kappa shape index (κ1) is 15.9. The van der Waals surface area contributed by atoms with Gasteiger partial charge in [-0.1, -0.05) is 33.8 Å². The first-order valence-corrected chi connectivity index (χ1v) is 7.19. The molecule has 4 heteroatoms. The summed E-state index contributed by atoms with van der Waals surface area (Å²) in [5.74, 6) is 0.709. The van der Waals surface area contributed by atoms with E-state index >= 15 is 0 Å². The topological polar surface area (TPSA) is 37.4 Å². The highest BCUT2D eigenvalue weighted by Crippen LogP contribution is 2.07. The fourth-order valence-corrected chi connectivity index (χ4v) is 1.74.